The number of hydrogen-bond acceptors (Lipinski definition) is 1. The molecule has 108 valence electrons. The summed E-state index contributed by atoms with van der Waals surface area (Å²) in [5.41, 5.74) is 1.15. The first-order chi connectivity index (χ1) is 8.54. The second-order valence-electron chi connectivity index (χ2n) is 4.48. The predicted molar refractivity (Wildman–Crippen MR) is 90.0 cm³/mol. The molecule has 0 aromatic heterocycles. The molecule has 1 aromatic rings. The van der Waals surface area contributed by atoms with Gasteiger partial charge in [-0.2, -0.15) is 9.90 Å². The van der Waals surface area contributed by atoms with Gasteiger partial charge in [0.05, 0.1) is 6.16 Å². The minimum absolute atomic E-state index is 0. The molecule has 1 aromatic carbocycles. The lowest BCUT2D eigenvalue weighted by Gasteiger charge is -2.25. The minimum atomic E-state index is -2.31. The van der Waals surface area contributed by atoms with Crippen LogP contribution in [0.2, 0.25) is 0 Å². The van der Waals surface area contributed by atoms with Crippen LogP contribution in [0.15, 0.2) is 43.0 Å². The van der Waals surface area contributed by atoms with Gasteiger partial charge in [-0.25, -0.2) is 9.34 Å². The van der Waals surface area contributed by atoms with E-state index in [4.69, 9.17) is 0 Å². The molecule has 0 aliphatic carbocycles. The topological polar surface area (TPSA) is 23.6 Å². The van der Waals surface area contributed by atoms with Crippen LogP contribution in [0.5, 0.6) is 0 Å². The predicted octanol–water partition coefficient (Wildman–Crippen LogP) is 3.51. The largest absolute Gasteiger partial charge is 0.288 e. The molecule has 0 amide bonds. The molecule has 2 rings (SSSR count). The van der Waals surface area contributed by atoms with Gasteiger partial charge in [0.2, 0.25) is 7.44 Å². The highest BCUT2D eigenvalue weighted by atomic mass is 31.2. The van der Waals surface area contributed by atoms with Crippen LogP contribution >= 0.6 is 17.3 Å². The number of benzene rings is 1. The molecule has 19 heavy (non-hydrogen) atoms. The average Bonchev–Trinajstić information content (AvgIpc) is 2.59. The maximum Gasteiger partial charge on any atom is 0.220 e. The summed E-state index contributed by atoms with van der Waals surface area (Å²) >= 11 is 0. The Morgan fingerprint density at radius 1 is 1.21 bits per heavy atom. The highest BCUT2D eigenvalue weighted by Crippen LogP contribution is 2.57. The molecule has 0 bridgehead atoms. The minimum Gasteiger partial charge on any atom is -0.288 e. The van der Waals surface area contributed by atoms with Crippen LogP contribution in [-0.2, 0) is 10.7 Å². The number of nitrogens with zero attached hydrogens (tertiary/aromatic N) is 2. The van der Waals surface area contributed by atoms with Crippen LogP contribution in [-0.4, -0.2) is 36.5 Å². The fraction of sp³-hybridized carbons (Fsp3) is 0.429. The summed E-state index contributed by atoms with van der Waals surface area (Å²) in [5, 5.41) is 0. The Morgan fingerprint density at radius 3 is 2.05 bits per heavy atom. The molecule has 0 saturated carbocycles. The Balaban J connectivity index is 0.000000742. The Hall–Kier alpha value is -0.460. The van der Waals surface area contributed by atoms with Crippen molar-refractivity contribution in [3.05, 3.63) is 48.6 Å². The lowest BCUT2D eigenvalue weighted by atomic mass is 10.2. The molecular formula is C14H26N2OP2. The smallest absolute Gasteiger partial charge is 0.220 e. The highest BCUT2D eigenvalue weighted by molar-refractivity contribution is 7.58. The van der Waals surface area contributed by atoms with Crippen molar-refractivity contribution in [2.24, 2.45) is 0 Å². The van der Waals surface area contributed by atoms with E-state index >= 15 is 0 Å². The van der Waals surface area contributed by atoms with E-state index in [1.165, 1.54) is 0 Å². The Bertz CT molecular complexity index is 409. The van der Waals surface area contributed by atoms with E-state index in [-0.39, 0.29) is 9.90 Å². The first kappa shape index (κ1) is 18.5. The number of hydrogen-bond donors (Lipinski definition) is 0. The molecule has 1 heterocycles. The van der Waals surface area contributed by atoms with Gasteiger partial charge >= 0.3 is 0 Å². The zero-order chi connectivity index (χ0) is 13.6. The molecule has 1 fully saturated rings. The van der Waals surface area contributed by atoms with Gasteiger partial charge < -0.3 is 0 Å². The molecule has 0 spiro atoms. The first-order valence-corrected chi connectivity index (χ1v) is 7.97. The first-order valence-electron chi connectivity index (χ1n) is 6.18. The van der Waals surface area contributed by atoms with Gasteiger partial charge in [-0.05, 0) is 26.6 Å². The highest BCUT2D eigenvalue weighted by Gasteiger charge is 2.37. The van der Waals surface area contributed by atoms with Crippen LogP contribution in [0.4, 0.5) is 0 Å². The van der Waals surface area contributed by atoms with Crippen LogP contribution in [0, 0.1) is 0 Å². The summed E-state index contributed by atoms with van der Waals surface area (Å²) < 4.78 is 16.7. The zero-order valence-electron chi connectivity index (χ0n) is 12.2. The zero-order valence-corrected chi connectivity index (χ0v) is 14.6. The van der Waals surface area contributed by atoms with Crippen LogP contribution in [0.1, 0.15) is 12.5 Å². The molecule has 0 N–H and O–H groups in total. The van der Waals surface area contributed by atoms with Gasteiger partial charge in [0.15, 0.2) is 0 Å². The van der Waals surface area contributed by atoms with Crippen LogP contribution in [0.3, 0.4) is 0 Å². The van der Waals surface area contributed by atoms with Crippen LogP contribution < -0.4 is 0 Å². The maximum absolute atomic E-state index is 12.7. The SMILES string of the molecule is C=CC.CN1CCN(C)P1(=O)Cc1ccccc1.P. The Kier molecular flexibility index (Phi) is 8.45. The van der Waals surface area contributed by atoms with Gasteiger partial charge in [0, 0.05) is 13.1 Å². The van der Waals surface area contributed by atoms with Crippen molar-refractivity contribution in [2.75, 3.05) is 27.2 Å². The molecule has 3 nitrogen and oxygen atoms in total. The van der Waals surface area contributed by atoms with Crippen LogP contribution in [0.25, 0.3) is 0 Å². The fourth-order valence-corrected chi connectivity index (χ4v) is 4.42. The number of rotatable bonds is 2. The van der Waals surface area contributed by atoms with Gasteiger partial charge in [0.1, 0.15) is 0 Å². The molecule has 0 radical (unpaired) electrons. The van der Waals surface area contributed by atoms with E-state index in [0.29, 0.717) is 6.16 Å². The van der Waals surface area contributed by atoms with Crippen molar-refractivity contribution >= 4 is 17.3 Å². The normalized spacial score (nSPS) is 18.1. The second-order valence-corrected chi connectivity index (χ2v) is 7.49. The van der Waals surface area contributed by atoms with E-state index in [0.717, 1.165) is 18.7 Å². The van der Waals surface area contributed by atoms with Gasteiger partial charge in [0.25, 0.3) is 0 Å². The van der Waals surface area contributed by atoms with E-state index in [2.05, 4.69) is 6.58 Å². The van der Waals surface area contributed by atoms with E-state index in [9.17, 15) is 4.57 Å². The summed E-state index contributed by atoms with van der Waals surface area (Å²) in [6.07, 6.45) is 2.40. The Labute approximate surface area is 120 Å². The summed E-state index contributed by atoms with van der Waals surface area (Å²) in [7, 11) is 1.60. The third kappa shape index (κ3) is 4.85. The standard InChI is InChI=1S/C11H17N2OP.C3H6.H3P/c1-12-8-9-13(2)15(12,14)10-11-6-4-3-5-7-11;1-3-2;/h3-7H,8-10H2,1-2H3;3H,1H2,2H3;1H3. The maximum atomic E-state index is 12.7. The lowest BCUT2D eigenvalue weighted by Crippen LogP contribution is -2.14. The number of likely N-dealkylation sites (N-methyl/N-ethyl adjacent to an activating group) is 2. The van der Waals surface area contributed by atoms with Crippen molar-refractivity contribution in [3.63, 3.8) is 0 Å². The van der Waals surface area contributed by atoms with Crippen molar-refractivity contribution in [3.8, 4) is 0 Å². The fourth-order valence-electron chi connectivity index (χ4n) is 1.93. The molecule has 1 atom stereocenters. The number of allylic oxidation sites excluding steroid dienone is 1. The van der Waals surface area contributed by atoms with Crippen molar-refractivity contribution < 1.29 is 4.57 Å². The van der Waals surface area contributed by atoms with Crippen molar-refractivity contribution in [1.82, 2.24) is 9.34 Å². The van der Waals surface area contributed by atoms with Crippen molar-refractivity contribution in [1.29, 1.82) is 0 Å². The summed E-state index contributed by atoms with van der Waals surface area (Å²) in [5.74, 6) is 0. The lowest BCUT2D eigenvalue weighted by molar-refractivity contribution is 0.488. The summed E-state index contributed by atoms with van der Waals surface area (Å²) in [4.78, 5) is 0. The molecule has 1 unspecified atom stereocenters. The van der Waals surface area contributed by atoms with E-state index in [1.54, 1.807) is 6.08 Å². The molecular weight excluding hydrogens is 274 g/mol. The van der Waals surface area contributed by atoms with Gasteiger partial charge in [-0.1, -0.05) is 36.4 Å². The molecule has 1 aliphatic heterocycles. The quantitative estimate of drug-likeness (QED) is 0.617. The third-order valence-corrected chi connectivity index (χ3v) is 6.36. The van der Waals surface area contributed by atoms with E-state index in [1.807, 2.05) is 60.7 Å². The third-order valence-electron chi connectivity index (χ3n) is 3.05. The monoisotopic (exact) mass is 300 g/mol. The summed E-state index contributed by atoms with van der Waals surface area (Å²) in [6, 6.07) is 10.1. The second kappa shape index (κ2) is 8.66. The van der Waals surface area contributed by atoms with Crippen molar-refractivity contribution in [2.45, 2.75) is 13.1 Å². The van der Waals surface area contributed by atoms with Gasteiger partial charge in [-0.3, -0.25) is 4.57 Å². The Morgan fingerprint density at radius 2 is 1.63 bits per heavy atom. The summed E-state index contributed by atoms with van der Waals surface area (Å²) in [6.45, 7) is 7.06. The molecule has 1 aliphatic rings. The van der Waals surface area contributed by atoms with E-state index < -0.39 is 7.44 Å². The average molecular weight is 300 g/mol. The van der Waals surface area contributed by atoms with Gasteiger partial charge in [-0.15, -0.1) is 6.58 Å². The molecule has 5 heteroatoms. The molecule has 1 saturated heterocycles.